The zero-order valence-electron chi connectivity index (χ0n) is 10.4. The number of rotatable bonds is 4. The Morgan fingerprint density at radius 1 is 1.33 bits per heavy atom. The fourth-order valence-electron chi connectivity index (χ4n) is 1.74. The first-order valence-electron chi connectivity index (χ1n) is 5.70. The molecule has 2 aromatic rings. The third-order valence-corrected chi connectivity index (χ3v) is 3.93. The van der Waals surface area contributed by atoms with Crippen LogP contribution in [0.1, 0.15) is 5.56 Å². The summed E-state index contributed by atoms with van der Waals surface area (Å²) in [6.07, 6.45) is 0. The van der Waals surface area contributed by atoms with E-state index in [0.29, 0.717) is 16.1 Å². The summed E-state index contributed by atoms with van der Waals surface area (Å²) < 4.78 is 26.9. The van der Waals surface area contributed by atoms with Gasteiger partial charge in [-0.1, -0.05) is 23.7 Å². The van der Waals surface area contributed by atoms with Crippen molar-refractivity contribution in [2.45, 2.75) is 6.54 Å². The monoisotopic (exact) mass is 376 g/mol. The van der Waals surface area contributed by atoms with E-state index in [2.05, 4.69) is 21.2 Å². The lowest BCUT2D eigenvalue weighted by Gasteiger charge is -2.11. The predicted octanol–water partition coefficient (Wildman–Crippen LogP) is 4.90. The molecule has 0 bridgehead atoms. The molecule has 2 rings (SSSR count). The van der Waals surface area contributed by atoms with Crippen molar-refractivity contribution in [1.82, 2.24) is 0 Å². The Bertz CT molecular complexity index is 690. The number of nitro benzene ring substituents is 1. The Morgan fingerprint density at radius 3 is 2.67 bits per heavy atom. The highest BCUT2D eigenvalue weighted by molar-refractivity contribution is 9.10. The molecule has 1 N–H and O–H groups in total. The minimum absolute atomic E-state index is 0.0588. The molecule has 0 saturated carbocycles. The highest BCUT2D eigenvalue weighted by Crippen LogP contribution is 2.31. The van der Waals surface area contributed by atoms with E-state index in [-0.39, 0.29) is 22.9 Å². The van der Waals surface area contributed by atoms with Gasteiger partial charge in [0.15, 0.2) is 5.82 Å². The zero-order valence-corrected chi connectivity index (χ0v) is 12.7. The number of hydrogen-bond donors (Lipinski definition) is 1. The molecular weight excluding hydrogens is 370 g/mol. The van der Waals surface area contributed by atoms with Gasteiger partial charge in [-0.3, -0.25) is 10.1 Å². The Kier molecular flexibility index (Phi) is 4.74. The van der Waals surface area contributed by atoms with Crippen LogP contribution in [0.15, 0.2) is 34.8 Å². The Labute approximate surface area is 132 Å². The average Bonchev–Trinajstić information content (AvgIpc) is 2.38. The second-order valence-electron chi connectivity index (χ2n) is 4.11. The SMILES string of the molecule is O=[N+]([O-])c1cccc(CNc2c(F)cc(F)cc2Cl)c1Br. The van der Waals surface area contributed by atoms with Crippen molar-refractivity contribution < 1.29 is 13.7 Å². The minimum Gasteiger partial charge on any atom is -0.377 e. The first kappa shape index (κ1) is 15.7. The van der Waals surface area contributed by atoms with E-state index in [0.717, 1.165) is 6.07 Å². The van der Waals surface area contributed by atoms with E-state index in [1.54, 1.807) is 6.07 Å². The quantitative estimate of drug-likeness (QED) is 0.609. The van der Waals surface area contributed by atoms with E-state index in [4.69, 9.17) is 11.6 Å². The largest absolute Gasteiger partial charge is 0.377 e. The van der Waals surface area contributed by atoms with Gasteiger partial charge in [0.1, 0.15) is 10.3 Å². The number of nitrogens with one attached hydrogen (secondary N) is 1. The summed E-state index contributed by atoms with van der Waals surface area (Å²) in [7, 11) is 0. The highest BCUT2D eigenvalue weighted by atomic mass is 79.9. The molecule has 0 aliphatic rings. The van der Waals surface area contributed by atoms with Gasteiger partial charge in [0, 0.05) is 18.7 Å². The molecule has 0 spiro atoms. The second-order valence-corrected chi connectivity index (χ2v) is 5.31. The topological polar surface area (TPSA) is 55.2 Å². The number of hydrogen-bond acceptors (Lipinski definition) is 3. The zero-order chi connectivity index (χ0) is 15.6. The Hall–Kier alpha value is -1.73. The van der Waals surface area contributed by atoms with Crippen LogP contribution in [0.3, 0.4) is 0 Å². The molecule has 0 heterocycles. The molecule has 110 valence electrons. The summed E-state index contributed by atoms with van der Waals surface area (Å²) >= 11 is 8.90. The van der Waals surface area contributed by atoms with Crippen molar-refractivity contribution in [3.63, 3.8) is 0 Å². The Morgan fingerprint density at radius 2 is 2.05 bits per heavy atom. The van der Waals surface area contributed by atoms with Crippen LogP contribution in [-0.2, 0) is 6.54 Å². The third kappa shape index (κ3) is 3.48. The lowest BCUT2D eigenvalue weighted by Crippen LogP contribution is -2.04. The maximum absolute atomic E-state index is 13.6. The van der Waals surface area contributed by atoms with Crippen molar-refractivity contribution in [2.24, 2.45) is 0 Å². The first-order chi connectivity index (χ1) is 9.90. The lowest BCUT2D eigenvalue weighted by atomic mass is 10.2. The van der Waals surface area contributed by atoms with E-state index in [1.165, 1.54) is 12.1 Å². The van der Waals surface area contributed by atoms with Crippen molar-refractivity contribution >= 4 is 38.9 Å². The molecule has 0 saturated heterocycles. The standard InChI is InChI=1S/C13H8BrClF2N2O2/c14-12-7(2-1-3-11(12)19(20)21)6-18-13-9(15)4-8(16)5-10(13)17/h1-5,18H,6H2. The fraction of sp³-hybridized carbons (Fsp3) is 0.0769. The van der Waals surface area contributed by atoms with Gasteiger partial charge >= 0.3 is 0 Å². The van der Waals surface area contributed by atoms with Crippen LogP contribution < -0.4 is 5.32 Å². The van der Waals surface area contributed by atoms with Gasteiger partial charge in [-0.2, -0.15) is 0 Å². The van der Waals surface area contributed by atoms with E-state index >= 15 is 0 Å². The van der Waals surface area contributed by atoms with Gasteiger partial charge in [0.2, 0.25) is 0 Å². The number of nitrogens with zero attached hydrogens (tertiary/aromatic N) is 1. The van der Waals surface area contributed by atoms with Gasteiger partial charge in [-0.25, -0.2) is 8.78 Å². The van der Waals surface area contributed by atoms with Gasteiger partial charge in [0.25, 0.3) is 5.69 Å². The number of anilines is 1. The Balaban J connectivity index is 2.25. The van der Waals surface area contributed by atoms with Crippen LogP contribution in [0.25, 0.3) is 0 Å². The molecule has 4 nitrogen and oxygen atoms in total. The molecule has 0 aromatic heterocycles. The summed E-state index contributed by atoms with van der Waals surface area (Å²) in [5.74, 6) is -1.61. The van der Waals surface area contributed by atoms with Crippen molar-refractivity contribution in [3.05, 3.63) is 67.1 Å². The first-order valence-corrected chi connectivity index (χ1v) is 6.87. The molecule has 0 aliphatic carbocycles. The summed E-state index contributed by atoms with van der Waals surface area (Å²) in [6, 6.07) is 6.19. The number of benzene rings is 2. The van der Waals surface area contributed by atoms with Gasteiger partial charge in [-0.05, 0) is 27.6 Å². The molecule has 2 aromatic carbocycles. The second kappa shape index (κ2) is 6.36. The molecule has 0 aliphatic heterocycles. The van der Waals surface area contributed by atoms with Crippen LogP contribution in [0.2, 0.25) is 5.02 Å². The van der Waals surface area contributed by atoms with Gasteiger partial charge in [0.05, 0.1) is 15.6 Å². The van der Waals surface area contributed by atoms with E-state index < -0.39 is 16.6 Å². The van der Waals surface area contributed by atoms with E-state index in [1.807, 2.05) is 0 Å². The predicted molar refractivity (Wildman–Crippen MR) is 79.5 cm³/mol. The maximum Gasteiger partial charge on any atom is 0.283 e. The molecule has 8 heteroatoms. The number of halogens is 4. The molecule has 0 fully saturated rings. The van der Waals surface area contributed by atoms with Crippen molar-refractivity contribution in [3.8, 4) is 0 Å². The lowest BCUT2D eigenvalue weighted by molar-refractivity contribution is -0.385. The molecule has 0 amide bonds. The van der Waals surface area contributed by atoms with E-state index in [9.17, 15) is 18.9 Å². The molecule has 0 atom stereocenters. The smallest absolute Gasteiger partial charge is 0.283 e. The van der Waals surface area contributed by atoms with Crippen LogP contribution in [0.5, 0.6) is 0 Å². The summed E-state index contributed by atoms with van der Waals surface area (Å²) in [5, 5.41) is 13.4. The molecule has 21 heavy (non-hydrogen) atoms. The normalized spacial score (nSPS) is 10.5. The summed E-state index contributed by atoms with van der Waals surface area (Å²) in [5.41, 5.74) is 0.389. The van der Waals surface area contributed by atoms with Crippen molar-refractivity contribution in [1.29, 1.82) is 0 Å². The summed E-state index contributed by atoms with van der Waals surface area (Å²) in [4.78, 5) is 10.3. The fourth-order valence-corrected chi connectivity index (χ4v) is 2.55. The van der Waals surface area contributed by atoms with Gasteiger partial charge < -0.3 is 5.32 Å². The minimum atomic E-state index is -0.832. The number of nitro groups is 1. The molecule has 0 unspecified atom stereocenters. The van der Waals surface area contributed by atoms with Crippen molar-refractivity contribution in [2.75, 3.05) is 5.32 Å². The molecular formula is C13H8BrClF2N2O2. The van der Waals surface area contributed by atoms with Crippen LogP contribution in [-0.4, -0.2) is 4.92 Å². The molecule has 0 radical (unpaired) electrons. The van der Waals surface area contributed by atoms with Crippen LogP contribution in [0, 0.1) is 21.7 Å². The summed E-state index contributed by atoms with van der Waals surface area (Å²) in [6.45, 7) is 0.0878. The van der Waals surface area contributed by atoms with Crippen LogP contribution >= 0.6 is 27.5 Å². The third-order valence-electron chi connectivity index (χ3n) is 2.72. The van der Waals surface area contributed by atoms with Crippen LogP contribution in [0.4, 0.5) is 20.2 Å². The van der Waals surface area contributed by atoms with Gasteiger partial charge in [-0.15, -0.1) is 0 Å². The maximum atomic E-state index is 13.6. The highest BCUT2D eigenvalue weighted by Gasteiger charge is 2.16. The average molecular weight is 378 g/mol.